The Morgan fingerprint density at radius 2 is 1.81 bits per heavy atom. The lowest BCUT2D eigenvalue weighted by molar-refractivity contribution is 0.149. The van der Waals surface area contributed by atoms with E-state index in [1.807, 2.05) is 47.4 Å². The zero-order valence-electron chi connectivity index (χ0n) is 14.3. The van der Waals surface area contributed by atoms with Crippen LogP contribution in [0.2, 0.25) is 0 Å². The summed E-state index contributed by atoms with van der Waals surface area (Å²) in [5, 5.41) is 8.26. The number of hydrogen-bond acceptors (Lipinski definition) is 3. The normalized spacial score (nSPS) is 17.3. The van der Waals surface area contributed by atoms with E-state index in [1.54, 1.807) is 6.20 Å². The molecule has 1 unspecified atom stereocenters. The third-order valence-corrected chi connectivity index (χ3v) is 5.29. The summed E-state index contributed by atoms with van der Waals surface area (Å²) in [5.41, 5.74) is 2.80. The van der Waals surface area contributed by atoms with Crippen molar-refractivity contribution in [2.24, 2.45) is 0 Å². The molecule has 1 saturated heterocycles. The summed E-state index contributed by atoms with van der Waals surface area (Å²) in [4.78, 5) is 15.0. The highest BCUT2D eigenvalue weighted by atomic mass is 79.9. The highest BCUT2D eigenvalue weighted by Crippen LogP contribution is 2.31. The molecule has 3 aromatic rings. The van der Waals surface area contributed by atoms with Crippen LogP contribution in [0.3, 0.4) is 0 Å². The third-order valence-electron chi connectivity index (χ3n) is 4.76. The van der Waals surface area contributed by atoms with E-state index >= 15 is 0 Å². The molecular formula is C20H19BrN4O. The minimum absolute atomic E-state index is 0.0952. The number of halogens is 1. The van der Waals surface area contributed by atoms with Gasteiger partial charge in [-0.15, -0.1) is 5.10 Å². The van der Waals surface area contributed by atoms with Crippen molar-refractivity contribution in [3.63, 3.8) is 0 Å². The van der Waals surface area contributed by atoms with Gasteiger partial charge in [-0.25, -0.2) is 4.79 Å². The maximum Gasteiger partial charge on any atom is 0.346 e. The predicted octanol–water partition coefficient (Wildman–Crippen LogP) is 4.90. The molecule has 1 atom stereocenters. The summed E-state index contributed by atoms with van der Waals surface area (Å²) >= 11 is 3.43. The first-order valence-electron chi connectivity index (χ1n) is 8.76. The van der Waals surface area contributed by atoms with Crippen LogP contribution in [-0.4, -0.2) is 32.5 Å². The largest absolute Gasteiger partial charge is 0.346 e. The van der Waals surface area contributed by atoms with E-state index in [2.05, 4.69) is 38.4 Å². The summed E-state index contributed by atoms with van der Waals surface area (Å²) in [5.74, 6) is 0. The first-order valence-corrected chi connectivity index (χ1v) is 9.56. The SMILES string of the molecule is O=C(N1CCCCC1c1ccccc1)n1cc(-c2ccc(Br)cc2)nn1. The number of hydrogen-bond donors (Lipinski definition) is 0. The maximum absolute atomic E-state index is 13.1. The Bertz CT molecular complexity index is 892. The monoisotopic (exact) mass is 410 g/mol. The zero-order chi connectivity index (χ0) is 17.9. The Morgan fingerprint density at radius 3 is 2.58 bits per heavy atom. The fraction of sp³-hybridized carbons (Fsp3) is 0.250. The van der Waals surface area contributed by atoms with Gasteiger partial charge in [-0.3, -0.25) is 0 Å². The van der Waals surface area contributed by atoms with Gasteiger partial charge in [0.25, 0.3) is 0 Å². The molecule has 2 heterocycles. The van der Waals surface area contributed by atoms with Crippen LogP contribution in [0.15, 0.2) is 65.3 Å². The molecule has 1 aliphatic heterocycles. The molecule has 1 aliphatic rings. The van der Waals surface area contributed by atoms with Crippen LogP contribution in [0.25, 0.3) is 11.3 Å². The van der Waals surface area contributed by atoms with Gasteiger partial charge < -0.3 is 4.90 Å². The van der Waals surface area contributed by atoms with E-state index in [9.17, 15) is 4.79 Å². The number of aromatic nitrogens is 3. The predicted molar refractivity (Wildman–Crippen MR) is 104 cm³/mol. The van der Waals surface area contributed by atoms with E-state index in [4.69, 9.17) is 0 Å². The minimum Gasteiger partial charge on any atom is -0.316 e. The smallest absolute Gasteiger partial charge is 0.316 e. The zero-order valence-corrected chi connectivity index (χ0v) is 15.8. The molecule has 0 N–H and O–H groups in total. The van der Waals surface area contributed by atoms with E-state index in [0.29, 0.717) is 5.69 Å². The molecule has 26 heavy (non-hydrogen) atoms. The van der Waals surface area contributed by atoms with Gasteiger partial charge in [-0.2, -0.15) is 4.68 Å². The quantitative estimate of drug-likeness (QED) is 0.603. The van der Waals surface area contributed by atoms with Crippen molar-refractivity contribution in [3.8, 4) is 11.3 Å². The van der Waals surface area contributed by atoms with E-state index in [1.165, 1.54) is 10.2 Å². The van der Waals surface area contributed by atoms with E-state index in [0.717, 1.165) is 35.8 Å². The highest BCUT2D eigenvalue weighted by molar-refractivity contribution is 9.10. The molecule has 5 nitrogen and oxygen atoms in total. The molecule has 0 spiro atoms. The van der Waals surface area contributed by atoms with Crippen LogP contribution in [0.4, 0.5) is 4.79 Å². The Labute approximate surface area is 160 Å². The van der Waals surface area contributed by atoms with Crippen molar-refractivity contribution < 1.29 is 4.79 Å². The van der Waals surface area contributed by atoms with Crippen LogP contribution in [0.5, 0.6) is 0 Å². The van der Waals surface area contributed by atoms with Gasteiger partial charge in [0.2, 0.25) is 0 Å². The summed E-state index contributed by atoms with van der Waals surface area (Å²) in [6, 6.07) is 18.0. The topological polar surface area (TPSA) is 51.0 Å². The molecule has 0 bridgehead atoms. The van der Waals surface area contributed by atoms with Crippen molar-refractivity contribution >= 4 is 22.0 Å². The van der Waals surface area contributed by atoms with Crippen LogP contribution >= 0.6 is 15.9 Å². The van der Waals surface area contributed by atoms with Crippen molar-refractivity contribution in [2.45, 2.75) is 25.3 Å². The Kier molecular flexibility index (Phi) is 4.84. The number of rotatable bonds is 2. The van der Waals surface area contributed by atoms with Crippen LogP contribution in [0, 0.1) is 0 Å². The molecule has 6 heteroatoms. The summed E-state index contributed by atoms with van der Waals surface area (Å²) in [6.45, 7) is 0.742. The van der Waals surface area contributed by atoms with Gasteiger partial charge in [0, 0.05) is 16.6 Å². The second kappa shape index (κ2) is 7.41. The molecule has 132 valence electrons. The lowest BCUT2D eigenvalue weighted by Gasteiger charge is -2.35. The fourth-order valence-electron chi connectivity index (χ4n) is 3.42. The number of benzene rings is 2. The van der Waals surface area contributed by atoms with Crippen molar-refractivity contribution in [1.29, 1.82) is 0 Å². The molecule has 1 fully saturated rings. The number of nitrogens with zero attached hydrogens (tertiary/aromatic N) is 4. The molecule has 1 amide bonds. The molecule has 0 saturated carbocycles. The lowest BCUT2D eigenvalue weighted by atomic mass is 9.96. The number of carbonyl (C=O) groups excluding carboxylic acids is 1. The maximum atomic E-state index is 13.1. The Hall–Kier alpha value is -2.47. The average molecular weight is 411 g/mol. The second-order valence-electron chi connectivity index (χ2n) is 6.45. The van der Waals surface area contributed by atoms with Gasteiger partial charge in [0.05, 0.1) is 12.2 Å². The van der Waals surface area contributed by atoms with E-state index in [-0.39, 0.29) is 12.1 Å². The molecular weight excluding hydrogens is 392 g/mol. The number of likely N-dealkylation sites (tertiary alicyclic amines) is 1. The van der Waals surface area contributed by atoms with Gasteiger partial charge in [-0.1, -0.05) is 63.6 Å². The average Bonchev–Trinajstić information content (AvgIpc) is 3.19. The third kappa shape index (κ3) is 3.42. The first-order chi connectivity index (χ1) is 12.7. The Balaban J connectivity index is 1.59. The van der Waals surface area contributed by atoms with Gasteiger partial charge >= 0.3 is 6.03 Å². The number of amides is 1. The molecule has 1 aromatic heterocycles. The van der Waals surface area contributed by atoms with Crippen molar-refractivity contribution in [2.75, 3.05) is 6.54 Å². The van der Waals surface area contributed by atoms with Crippen LogP contribution in [-0.2, 0) is 0 Å². The van der Waals surface area contributed by atoms with Crippen LogP contribution < -0.4 is 0 Å². The first kappa shape index (κ1) is 17.0. The van der Waals surface area contributed by atoms with Gasteiger partial charge in [0.1, 0.15) is 5.69 Å². The van der Waals surface area contributed by atoms with Gasteiger partial charge in [-0.05, 0) is 37.0 Å². The molecule has 4 rings (SSSR count). The minimum atomic E-state index is -0.116. The van der Waals surface area contributed by atoms with E-state index < -0.39 is 0 Å². The molecule has 0 aliphatic carbocycles. The summed E-state index contributed by atoms with van der Waals surface area (Å²) in [6.07, 6.45) is 4.83. The van der Waals surface area contributed by atoms with Gasteiger partial charge in [0.15, 0.2) is 0 Å². The second-order valence-corrected chi connectivity index (χ2v) is 7.37. The van der Waals surface area contributed by atoms with Crippen molar-refractivity contribution in [1.82, 2.24) is 19.9 Å². The lowest BCUT2D eigenvalue weighted by Crippen LogP contribution is -2.41. The standard InChI is InChI=1S/C20H19BrN4O/c21-17-11-9-15(10-12-17)18-14-25(23-22-18)20(26)24-13-5-4-8-19(24)16-6-2-1-3-7-16/h1-3,6-7,9-12,14,19H,4-5,8,13H2. The molecule has 2 aromatic carbocycles. The Morgan fingerprint density at radius 1 is 1.04 bits per heavy atom. The van der Waals surface area contributed by atoms with Crippen molar-refractivity contribution in [3.05, 3.63) is 70.8 Å². The number of carbonyl (C=O) groups is 1. The fourth-order valence-corrected chi connectivity index (χ4v) is 3.69. The summed E-state index contributed by atoms with van der Waals surface area (Å²) in [7, 11) is 0. The summed E-state index contributed by atoms with van der Waals surface area (Å²) < 4.78 is 2.36. The molecule has 0 radical (unpaired) electrons. The highest BCUT2D eigenvalue weighted by Gasteiger charge is 2.29. The number of piperidine rings is 1. The van der Waals surface area contributed by atoms with Crippen LogP contribution in [0.1, 0.15) is 30.9 Å².